The predicted octanol–water partition coefficient (Wildman–Crippen LogP) is -2.15. The van der Waals surface area contributed by atoms with Gasteiger partial charge in [0.05, 0.1) is 12.8 Å². The molecule has 5 nitrogen and oxygen atoms in total. The minimum Gasteiger partial charge on any atom is -0.331 e. The van der Waals surface area contributed by atoms with E-state index in [1.165, 1.54) is 0 Å². The molecule has 0 aliphatic carbocycles. The summed E-state index contributed by atoms with van der Waals surface area (Å²) in [5.41, 5.74) is 0. The van der Waals surface area contributed by atoms with Crippen LogP contribution in [0.2, 0.25) is 0 Å². The summed E-state index contributed by atoms with van der Waals surface area (Å²) >= 11 is 0. The molecule has 2 saturated heterocycles. The van der Waals surface area contributed by atoms with Gasteiger partial charge in [-0.25, -0.2) is 0 Å². The summed E-state index contributed by atoms with van der Waals surface area (Å²) in [4.78, 5) is 13.1. The van der Waals surface area contributed by atoms with Gasteiger partial charge in [0.25, 0.3) is 0 Å². The lowest BCUT2D eigenvalue weighted by atomic mass is 10.2. The molecule has 2 heterocycles. The van der Waals surface area contributed by atoms with Crippen LogP contribution in [0.3, 0.4) is 0 Å². The molecule has 2 aliphatic rings. The maximum absolute atomic E-state index is 11.4. The molecule has 0 bridgehead atoms. The summed E-state index contributed by atoms with van der Waals surface area (Å²) in [7, 11) is 1.80. The van der Waals surface area contributed by atoms with Crippen molar-refractivity contribution in [1.82, 2.24) is 20.9 Å². The number of nitrogens with one attached hydrogen (secondary N) is 3. The Hall–Kier alpha value is -0.650. The lowest BCUT2D eigenvalue weighted by Gasteiger charge is -2.32. The number of amides is 1. The number of nitrogens with zero attached hydrogens (tertiary/aromatic N) is 1. The molecule has 1 amide bonds. The Morgan fingerprint density at radius 3 is 3.09 bits per heavy atom. The van der Waals surface area contributed by atoms with Crippen molar-refractivity contribution in [2.45, 2.75) is 12.2 Å². The highest BCUT2D eigenvalue weighted by atomic mass is 16.2. The highest BCUT2D eigenvalue weighted by Gasteiger charge is 2.37. The predicted molar refractivity (Wildman–Crippen MR) is 39.5 cm³/mol. The van der Waals surface area contributed by atoms with E-state index in [-0.39, 0.29) is 18.1 Å². The fourth-order valence-corrected chi connectivity index (χ4v) is 1.49. The number of likely N-dealkylation sites (N-methyl/N-ethyl adjacent to an activating group) is 1. The quantitative estimate of drug-likeness (QED) is 0.374. The summed E-state index contributed by atoms with van der Waals surface area (Å²) < 4.78 is 0. The number of carbonyl (C=O) groups excluding carboxylic acids is 1. The Balaban J connectivity index is 2.12. The van der Waals surface area contributed by atoms with Crippen molar-refractivity contribution in [3.63, 3.8) is 0 Å². The third-order valence-electron chi connectivity index (χ3n) is 2.17. The van der Waals surface area contributed by atoms with Gasteiger partial charge in [-0.15, -0.1) is 0 Å². The zero-order valence-electron chi connectivity index (χ0n) is 6.42. The van der Waals surface area contributed by atoms with Gasteiger partial charge >= 0.3 is 0 Å². The summed E-state index contributed by atoms with van der Waals surface area (Å²) in [6.07, 6.45) is 0.124. The topological polar surface area (TPSA) is 56.4 Å². The Morgan fingerprint density at radius 1 is 1.45 bits per heavy atom. The zero-order valence-corrected chi connectivity index (χ0v) is 6.42. The van der Waals surface area contributed by atoms with Crippen LogP contribution in [0.5, 0.6) is 0 Å². The van der Waals surface area contributed by atoms with Crippen LogP contribution in [-0.2, 0) is 4.79 Å². The van der Waals surface area contributed by atoms with Gasteiger partial charge < -0.3 is 4.90 Å². The number of hydrogen-bond acceptors (Lipinski definition) is 4. The van der Waals surface area contributed by atoms with Crippen LogP contribution in [0.1, 0.15) is 0 Å². The van der Waals surface area contributed by atoms with Gasteiger partial charge in [-0.2, -0.15) is 0 Å². The highest BCUT2D eigenvalue weighted by Crippen LogP contribution is 2.05. The molecular weight excluding hydrogens is 144 g/mol. The van der Waals surface area contributed by atoms with E-state index < -0.39 is 0 Å². The van der Waals surface area contributed by atoms with Crippen molar-refractivity contribution >= 4 is 5.91 Å². The monoisotopic (exact) mass is 156 g/mol. The van der Waals surface area contributed by atoms with E-state index in [2.05, 4.69) is 16.0 Å². The van der Waals surface area contributed by atoms with Gasteiger partial charge in [0.2, 0.25) is 5.91 Å². The molecule has 0 spiro atoms. The molecule has 62 valence electrons. The van der Waals surface area contributed by atoms with E-state index in [1.54, 1.807) is 11.9 Å². The molecule has 2 aliphatic heterocycles. The number of hydrogen-bond donors (Lipinski definition) is 3. The summed E-state index contributed by atoms with van der Waals surface area (Å²) in [6, 6.07) is -0.0752. The van der Waals surface area contributed by atoms with Crippen LogP contribution in [0.4, 0.5) is 0 Å². The fraction of sp³-hybridized carbons (Fsp3) is 0.833. The molecule has 2 rings (SSSR count). The molecule has 3 N–H and O–H groups in total. The van der Waals surface area contributed by atoms with E-state index in [1.807, 2.05) is 0 Å². The van der Waals surface area contributed by atoms with E-state index >= 15 is 0 Å². The minimum absolute atomic E-state index is 0.0752. The molecule has 2 atom stereocenters. The van der Waals surface area contributed by atoms with Crippen molar-refractivity contribution in [2.24, 2.45) is 0 Å². The summed E-state index contributed by atoms with van der Waals surface area (Å²) in [5, 5.41) is 9.41. The first-order valence-electron chi connectivity index (χ1n) is 3.74. The van der Waals surface area contributed by atoms with Crippen molar-refractivity contribution in [1.29, 1.82) is 0 Å². The lowest BCUT2D eigenvalue weighted by molar-refractivity contribution is -0.135. The van der Waals surface area contributed by atoms with E-state index in [4.69, 9.17) is 0 Å². The SMILES string of the molecule is CN1CNC2NCNC2C1=O. The van der Waals surface area contributed by atoms with Crippen molar-refractivity contribution < 1.29 is 4.79 Å². The third-order valence-corrected chi connectivity index (χ3v) is 2.17. The van der Waals surface area contributed by atoms with Crippen LogP contribution in [0.25, 0.3) is 0 Å². The molecular formula is C6H12N4O. The average molecular weight is 156 g/mol. The molecule has 0 radical (unpaired) electrons. The Labute approximate surface area is 65.1 Å². The van der Waals surface area contributed by atoms with E-state index in [9.17, 15) is 4.79 Å². The van der Waals surface area contributed by atoms with Gasteiger partial charge in [0.1, 0.15) is 6.04 Å². The van der Waals surface area contributed by atoms with E-state index in [0.717, 1.165) is 0 Å². The molecule has 0 saturated carbocycles. The zero-order chi connectivity index (χ0) is 7.84. The molecule has 5 heteroatoms. The molecule has 11 heavy (non-hydrogen) atoms. The molecule has 2 fully saturated rings. The molecule has 2 unspecified atom stereocenters. The van der Waals surface area contributed by atoms with Crippen LogP contribution in [0.15, 0.2) is 0 Å². The summed E-state index contributed by atoms with van der Waals surface area (Å²) in [6.45, 7) is 1.34. The maximum atomic E-state index is 11.4. The molecule has 0 aromatic heterocycles. The number of fused-ring (bicyclic) bond motifs is 1. The van der Waals surface area contributed by atoms with E-state index in [0.29, 0.717) is 13.3 Å². The lowest BCUT2D eigenvalue weighted by Crippen LogP contribution is -2.61. The van der Waals surface area contributed by atoms with Crippen molar-refractivity contribution in [3.05, 3.63) is 0 Å². The first-order valence-corrected chi connectivity index (χ1v) is 3.74. The first-order chi connectivity index (χ1) is 5.29. The maximum Gasteiger partial charge on any atom is 0.243 e. The van der Waals surface area contributed by atoms with Crippen LogP contribution >= 0.6 is 0 Å². The molecule has 0 aromatic carbocycles. The number of rotatable bonds is 0. The first kappa shape index (κ1) is 7.02. The fourth-order valence-electron chi connectivity index (χ4n) is 1.49. The third kappa shape index (κ3) is 1.01. The second-order valence-corrected chi connectivity index (χ2v) is 2.94. The van der Waals surface area contributed by atoms with Gasteiger partial charge in [0, 0.05) is 13.7 Å². The second-order valence-electron chi connectivity index (χ2n) is 2.94. The van der Waals surface area contributed by atoms with Gasteiger partial charge in [-0.1, -0.05) is 0 Å². The van der Waals surface area contributed by atoms with Crippen LogP contribution < -0.4 is 16.0 Å². The van der Waals surface area contributed by atoms with Gasteiger partial charge in [0.15, 0.2) is 0 Å². The Morgan fingerprint density at radius 2 is 2.27 bits per heavy atom. The average Bonchev–Trinajstić information content (AvgIpc) is 2.45. The number of carbonyl (C=O) groups is 1. The van der Waals surface area contributed by atoms with Gasteiger partial charge in [-0.3, -0.25) is 20.7 Å². The smallest absolute Gasteiger partial charge is 0.243 e. The second kappa shape index (κ2) is 2.44. The minimum atomic E-state index is -0.0752. The van der Waals surface area contributed by atoms with Crippen LogP contribution in [0, 0.1) is 0 Å². The Kier molecular flexibility index (Phi) is 1.56. The van der Waals surface area contributed by atoms with Gasteiger partial charge in [-0.05, 0) is 0 Å². The van der Waals surface area contributed by atoms with Crippen LogP contribution in [-0.4, -0.2) is 43.4 Å². The summed E-state index contributed by atoms with van der Waals surface area (Å²) in [5.74, 6) is 0.166. The Bertz CT molecular complexity index is 183. The largest absolute Gasteiger partial charge is 0.331 e. The normalized spacial score (nSPS) is 37.5. The molecule has 0 aromatic rings. The van der Waals surface area contributed by atoms with Crippen molar-refractivity contribution in [2.75, 3.05) is 20.4 Å². The highest BCUT2D eigenvalue weighted by molar-refractivity contribution is 5.83. The standard InChI is InChI=1S/C6H12N4O/c1-10-3-9-5-4(6(10)11)7-2-8-5/h4-5,7-9H,2-3H2,1H3. The van der Waals surface area contributed by atoms with Crippen molar-refractivity contribution in [3.8, 4) is 0 Å².